The third kappa shape index (κ3) is 3.65. The van der Waals surface area contributed by atoms with E-state index in [2.05, 4.69) is 20.6 Å². The number of nitrogens with one attached hydrogen (secondary N) is 2. The van der Waals surface area contributed by atoms with Crippen LogP contribution in [0.5, 0.6) is 0 Å². The molecule has 0 spiro atoms. The number of carbonyl (C=O) groups excluding carboxylic acids is 3. The Balaban J connectivity index is 1.39. The van der Waals surface area contributed by atoms with Gasteiger partial charge in [-0.15, -0.1) is 0 Å². The van der Waals surface area contributed by atoms with E-state index in [1.54, 1.807) is 15.7 Å². The molecule has 2 aliphatic carbocycles. The predicted molar refractivity (Wildman–Crippen MR) is 116 cm³/mol. The summed E-state index contributed by atoms with van der Waals surface area (Å²) in [5, 5.41) is 5.96. The molecule has 168 valence electrons. The van der Waals surface area contributed by atoms with Gasteiger partial charge in [0.05, 0.1) is 25.1 Å². The van der Waals surface area contributed by atoms with E-state index in [1.807, 2.05) is 25.1 Å². The number of hydrogen-bond acceptors (Lipinski definition) is 5. The second kappa shape index (κ2) is 8.03. The minimum absolute atomic E-state index is 0.0231. The summed E-state index contributed by atoms with van der Waals surface area (Å²) < 4.78 is 1.66. The van der Waals surface area contributed by atoms with Crippen LogP contribution in [0.2, 0.25) is 0 Å². The number of carbonyl (C=O) groups is 3. The molecular weight excluding hydrogens is 408 g/mol. The van der Waals surface area contributed by atoms with Crippen LogP contribution in [0, 0.1) is 0 Å². The number of rotatable bonds is 6. The Morgan fingerprint density at radius 2 is 1.94 bits per heavy atom. The second-order valence-electron chi connectivity index (χ2n) is 9.21. The Morgan fingerprint density at radius 1 is 1.16 bits per heavy atom. The van der Waals surface area contributed by atoms with Gasteiger partial charge in [0.1, 0.15) is 11.2 Å². The fraction of sp³-hybridized carbons (Fsp3) is 0.522. The van der Waals surface area contributed by atoms with Crippen LogP contribution in [0.1, 0.15) is 72.1 Å². The predicted octanol–water partition coefficient (Wildman–Crippen LogP) is 1.64. The molecule has 3 amide bonds. The van der Waals surface area contributed by atoms with Gasteiger partial charge in [-0.2, -0.15) is 0 Å². The van der Waals surface area contributed by atoms with Crippen molar-refractivity contribution in [2.45, 2.75) is 76.2 Å². The molecule has 2 saturated carbocycles. The summed E-state index contributed by atoms with van der Waals surface area (Å²) >= 11 is 0. The lowest BCUT2D eigenvalue weighted by molar-refractivity contribution is -0.134. The number of nitrogens with zero attached hydrogens (tertiary/aromatic N) is 4. The number of fused-ring (bicyclic) bond motifs is 1. The molecular formula is C23H28N6O3. The first kappa shape index (κ1) is 20.7. The van der Waals surface area contributed by atoms with Crippen molar-refractivity contribution in [1.29, 1.82) is 0 Å². The summed E-state index contributed by atoms with van der Waals surface area (Å²) in [5.74, 6) is -0.846. The SMILES string of the molecule is C[C@]1(C(=O)NC2CCCC2)Cn2cnc(C(=O)NCc3ccccn3)c2C(=O)N1C1CC1. The highest BCUT2D eigenvalue weighted by molar-refractivity contribution is 6.07. The van der Waals surface area contributed by atoms with E-state index in [0.29, 0.717) is 0 Å². The lowest BCUT2D eigenvalue weighted by Crippen LogP contribution is -2.65. The first-order valence-electron chi connectivity index (χ1n) is 11.4. The van der Waals surface area contributed by atoms with E-state index in [9.17, 15) is 14.4 Å². The third-order valence-corrected chi connectivity index (χ3v) is 6.73. The highest BCUT2D eigenvalue weighted by Gasteiger charge is 2.54. The highest BCUT2D eigenvalue weighted by Crippen LogP contribution is 2.39. The summed E-state index contributed by atoms with van der Waals surface area (Å²) in [4.78, 5) is 50.0. The first-order valence-corrected chi connectivity index (χ1v) is 11.4. The Kier molecular flexibility index (Phi) is 5.19. The largest absolute Gasteiger partial charge is 0.351 e. The molecule has 2 fully saturated rings. The van der Waals surface area contributed by atoms with Crippen molar-refractivity contribution in [2.24, 2.45) is 0 Å². The van der Waals surface area contributed by atoms with Gasteiger partial charge in [0.15, 0.2) is 5.69 Å². The number of hydrogen-bond donors (Lipinski definition) is 2. The monoisotopic (exact) mass is 436 g/mol. The van der Waals surface area contributed by atoms with E-state index in [0.717, 1.165) is 44.2 Å². The maximum Gasteiger partial charge on any atom is 0.274 e. The van der Waals surface area contributed by atoms with Crippen LogP contribution in [-0.4, -0.2) is 54.8 Å². The molecule has 2 N–H and O–H groups in total. The molecule has 0 bridgehead atoms. The average Bonchev–Trinajstić information content (AvgIpc) is 3.30. The van der Waals surface area contributed by atoms with E-state index in [1.165, 1.54) is 6.33 Å². The number of aromatic nitrogens is 3. The molecule has 3 aliphatic rings. The van der Waals surface area contributed by atoms with Gasteiger partial charge < -0.3 is 20.1 Å². The van der Waals surface area contributed by atoms with Gasteiger partial charge in [-0.05, 0) is 44.7 Å². The summed E-state index contributed by atoms with van der Waals surface area (Å²) in [6.45, 7) is 2.36. The molecule has 1 aliphatic heterocycles. The fourth-order valence-corrected chi connectivity index (χ4v) is 4.89. The molecule has 0 unspecified atom stereocenters. The molecule has 2 aromatic heterocycles. The first-order chi connectivity index (χ1) is 15.5. The van der Waals surface area contributed by atoms with Gasteiger partial charge in [-0.1, -0.05) is 18.9 Å². The van der Waals surface area contributed by atoms with E-state index >= 15 is 0 Å². The molecule has 0 radical (unpaired) electrons. The van der Waals surface area contributed by atoms with Crippen LogP contribution in [0.25, 0.3) is 0 Å². The lowest BCUT2D eigenvalue weighted by atomic mass is 9.93. The van der Waals surface area contributed by atoms with Gasteiger partial charge in [-0.3, -0.25) is 19.4 Å². The van der Waals surface area contributed by atoms with E-state index < -0.39 is 11.4 Å². The summed E-state index contributed by atoms with van der Waals surface area (Å²) in [6.07, 6.45) is 9.10. The zero-order valence-corrected chi connectivity index (χ0v) is 18.2. The fourth-order valence-electron chi connectivity index (χ4n) is 4.89. The minimum Gasteiger partial charge on any atom is -0.351 e. The molecule has 1 atom stereocenters. The van der Waals surface area contributed by atoms with Gasteiger partial charge in [0.2, 0.25) is 5.91 Å². The van der Waals surface area contributed by atoms with Crippen molar-refractivity contribution in [3.63, 3.8) is 0 Å². The molecule has 5 rings (SSSR count). The third-order valence-electron chi connectivity index (χ3n) is 6.73. The molecule has 3 heterocycles. The van der Waals surface area contributed by atoms with Crippen molar-refractivity contribution < 1.29 is 14.4 Å². The van der Waals surface area contributed by atoms with Crippen molar-refractivity contribution in [1.82, 2.24) is 30.1 Å². The zero-order chi connectivity index (χ0) is 22.3. The van der Waals surface area contributed by atoms with Crippen molar-refractivity contribution in [2.75, 3.05) is 0 Å². The summed E-state index contributed by atoms with van der Waals surface area (Å²) in [7, 11) is 0. The van der Waals surface area contributed by atoms with Crippen LogP contribution in [0.3, 0.4) is 0 Å². The number of amides is 3. The minimum atomic E-state index is -1.00. The smallest absolute Gasteiger partial charge is 0.274 e. The normalized spacial score (nSPS) is 23.2. The van der Waals surface area contributed by atoms with Crippen LogP contribution in [0.15, 0.2) is 30.7 Å². The Morgan fingerprint density at radius 3 is 2.62 bits per heavy atom. The van der Waals surface area contributed by atoms with E-state index in [4.69, 9.17) is 0 Å². The number of imidazole rings is 1. The molecule has 2 aromatic rings. The van der Waals surface area contributed by atoms with Crippen LogP contribution < -0.4 is 10.6 Å². The van der Waals surface area contributed by atoms with Crippen LogP contribution >= 0.6 is 0 Å². The topological polar surface area (TPSA) is 109 Å². The van der Waals surface area contributed by atoms with Crippen LogP contribution in [-0.2, 0) is 17.9 Å². The van der Waals surface area contributed by atoms with Crippen molar-refractivity contribution in [3.05, 3.63) is 47.8 Å². The zero-order valence-electron chi connectivity index (χ0n) is 18.2. The standard InChI is InChI=1S/C23H28N6O3/c1-23(22(32)27-15-6-2-3-7-15)13-28-14-26-18(19(28)21(31)29(23)17-9-10-17)20(30)25-12-16-8-4-5-11-24-16/h4-5,8,11,14-15,17H,2-3,6-7,9-10,12-13H2,1H3,(H,25,30)(H,27,32)/t23-/m1/s1. The Labute approximate surface area is 186 Å². The molecule has 9 nitrogen and oxygen atoms in total. The Bertz CT molecular complexity index is 1040. The van der Waals surface area contributed by atoms with Gasteiger partial charge in [0.25, 0.3) is 11.8 Å². The van der Waals surface area contributed by atoms with Gasteiger partial charge in [0, 0.05) is 18.3 Å². The highest BCUT2D eigenvalue weighted by atomic mass is 16.2. The summed E-state index contributed by atoms with van der Waals surface area (Å²) in [6, 6.07) is 5.67. The second-order valence-corrected chi connectivity index (χ2v) is 9.21. The van der Waals surface area contributed by atoms with Gasteiger partial charge >= 0.3 is 0 Å². The summed E-state index contributed by atoms with van der Waals surface area (Å²) in [5.41, 5.74) is 0.0587. The number of pyridine rings is 1. The Hall–Kier alpha value is -3.23. The molecule has 9 heteroatoms. The average molecular weight is 437 g/mol. The maximum atomic E-state index is 13.6. The van der Waals surface area contributed by atoms with Crippen molar-refractivity contribution >= 4 is 17.7 Å². The quantitative estimate of drug-likeness (QED) is 0.716. The lowest BCUT2D eigenvalue weighted by Gasteiger charge is -2.44. The van der Waals surface area contributed by atoms with Gasteiger partial charge in [-0.25, -0.2) is 4.98 Å². The van der Waals surface area contributed by atoms with Crippen molar-refractivity contribution in [3.8, 4) is 0 Å². The van der Waals surface area contributed by atoms with Crippen LogP contribution in [0.4, 0.5) is 0 Å². The van der Waals surface area contributed by atoms with E-state index in [-0.39, 0.29) is 48.4 Å². The molecule has 32 heavy (non-hydrogen) atoms. The maximum absolute atomic E-state index is 13.6. The molecule has 0 aromatic carbocycles. The molecule has 0 saturated heterocycles.